The summed E-state index contributed by atoms with van der Waals surface area (Å²) in [5.41, 5.74) is 16.1. The highest BCUT2D eigenvalue weighted by molar-refractivity contribution is 5.89. The van der Waals surface area contributed by atoms with Crippen LogP contribution in [0.2, 0.25) is 0 Å². The molecule has 0 saturated heterocycles. The Morgan fingerprint density at radius 3 is 2.08 bits per heavy atom. The SMILES string of the molecule is CC1(C)C2=C(C=CCC2)c2cc(-c3cc(Cc4ccc(-c5ccccc5)cc4)cc(-c4ccncc4)c3)ccc21. The fraction of sp³-hybridized carbons (Fsp3) is 0.154. The molecule has 0 saturated carbocycles. The van der Waals surface area contributed by atoms with Crippen molar-refractivity contribution in [3.8, 4) is 33.4 Å². The molecule has 40 heavy (non-hydrogen) atoms. The number of fused-ring (bicyclic) bond motifs is 2. The van der Waals surface area contributed by atoms with Crippen LogP contribution in [-0.4, -0.2) is 4.98 Å². The van der Waals surface area contributed by atoms with E-state index >= 15 is 0 Å². The zero-order valence-corrected chi connectivity index (χ0v) is 23.2. The average Bonchev–Trinajstić information content (AvgIpc) is 3.24. The van der Waals surface area contributed by atoms with E-state index in [9.17, 15) is 0 Å². The van der Waals surface area contributed by atoms with Gasteiger partial charge in [0.2, 0.25) is 0 Å². The third-order valence-corrected chi connectivity index (χ3v) is 8.72. The molecule has 1 heterocycles. The van der Waals surface area contributed by atoms with Crippen molar-refractivity contribution in [3.63, 3.8) is 0 Å². The molecule has 0 radical (unpaired) electrons. The van der Waals surface area contributed by atoms with E-state index in [-0.39, 0.29) is 5.41 Å². The van der Waals surface area contributed by atoms with E-state index in [0.29, 0.717) is 0 Å². The maximum absolute atomic E-state index is 4.25. The molecule has 0 N–H and O–H groups in total. The van der Waals surface area contributed by atoms with E-state index in [0.717, 1.165) is 19.3 Å². The van der Waals surface area contributed by atoms with Gasteiger partial charge in [-0.05, 0) is 105 Å². The lowest BCUT2D eigenvalue weighted by Crippen LogP contribution is -2.17. The third kappa shape index (κ3) is 4.42. The molecule has 5 aromatic rings. The van der Waals surface area contributed by atoms with Crippen molar-refractivity contribution in [2.24, 2.45) is 0 Å². The Morgan fingerprint density at radius 2 is 1.30 bits per heavy atom. The predicted octanol–water partition coefficient (Wildman–Crippen LogP) is 10.1. The van der Waals surface area contributed by atoms with Crippen LogP contribution >= 0.6 is 0 Å². The van der Waals surface area contributed by atoms with Gasteiger partial charge in [-0.1, -0.05) is 110 Å². The fourth-order valence-electron chi connectivity index (χ4n) is 6.57. The molecule has 2 aliphatic carbocycles. The van der Waals surface area contributed by atoms with E-state index in [2.05, 4.69) is 134 Å². The second-order valence-corrected chi connectivity index (χ2v) is 11.6. The average molecular weight is 516 g/mol. The number of pyridine rings is 1. The van der Waals surface area contributed by atoms with Crippen LogP contribution in [0.15, 0.2) is 133 Å². The van der Waals surface area contributed by atoms with Crippen molar-refractivity contribution in [2.75, 3.05) is 0 Å². The zero-order chi connectivity index (χ0) is 27.1. The Morgan fingerprint density at radius 1 is 0.625 bits per heavy atom. The largest absolute Gasteiger partial charge is 0.265 e. The van der Waals surface area contributed by atoms with Crippen LogP contribution < -0.4 is 0 Å². The first-order valence-corrected chi connectivity index (χ1v) is 14.3. The summed E-state index contributed by atoms with van der Waals surface area (Å²) in [5.74, 6) is 0. The third-order valence-electron chi connectivity index (χ3n) is 8.72. The summed E-state index contributed by atoms with van der Waals surface area (Å²) < 4.78 is 0. The highest BCUT2D eigenvalue weighted by Crippen LogP contribution is 2.50. The van der Waals surface area contributed by atoms with Crippen LogP contribution in [0, 0.1) is 0 Å². The maximum atomic E-state index is 4.25. The first-order chi connectivity index (χ1) is 19.6. The maximum Gasteiger partial charge on any atom is 0.0273 e. The van der Waals surface area contributed by atoms with Gasteiger partial charge in [-0.2, -0.15) is 0 Å². The molecule has 1 heteroatoms. The van der Waals surface area contributed by atoms with E-state index in [1.807, 2.05) is 12.4 Å². The van der Waals surface area contributed by atoms with Crippen molar-refractivity contribution < 1.29 is 0 Å². The Labute approximate surface area is 237 Å². The van der Waals surface area contributed by atoms with Gasteiger partial charge in [-0.25, -0.2) is 0 Å². The van der Waals surface area contributed by atoms with Crippen molar-refractivity contribution in [3.05, 3.63) is 156 Å². The number of hydrogen-bond acceptors (Lipinski definition) is 1. The number of rotatable bonds is 5. The predicted molar refractivity (Wildman–Crippen MR) is 168 cm³/mol. The normalized spacial score (nSPS) is 15.2. The number of hydrogen-bond donors (Lipinski definition) is 0. The van der Waals surface area contributed by atoms with Gasteiger partial charge in [0.15, 0.2) is 0 Å². The van der Waals surface area contributed by atoms with Crippen LogP contribution in [0.1, 0.15) is 48.9 Å². The minimum atomic E-state index is 0.101. The van der Waals surface area contributed by atoms with E-state index < -0.39 is 0 Å². The smallest absolute Gasteiger partial charge is 0.0273 e. The molecule has 0 atom stereocenters. The Kier molecular flexibility index (Phi) is 6.09. The minimum Gasteiger partial charge on any atom is -0.265 e. The first-order valence-electron chi connectivity index (χ1n) is 14.3. The number of benzene rings is 4. The minimum absolute atomic E-state index is 0.101. The second kappa shape index (κ2) is 9.92. The molecule has 7 rings (SSSR count). The van der Waals surface area contributed by atoms with Gasteiger partial charge < -0.3 is 0 Å². The summed E-state index contributed by atoms with van der Waals surface area (Å²) in [6.07, 6.45) is 11.6. The molecule has 0 aliphatic heterocycles. The second-order valence-electron chi connectivity index (χ2n) is 11.6. The quantitative estimate of drug-likeness (QED) is 0.227. The highest BCUT2D eigenvalue weighted by atomic mass is 14.6. The van der Waals surface area contributed by atoms with Gasteiger partial charge in [0, 0.05) is 17.8 Å². The Bertz CT molecular complexity index is 1750. The Hall–Kier alpha value is -4.49. The topological polar surface area (TPSA) is 12.9 Å². The Balaban J connectivity index is 1.28. The number of nitrogens with zero attached hydrogens (tertiary/aromatic N) is 1. The van der Waals surface area contributed by atoms with E-state index in [1.165, 1.54) is 61.2 Å². The molecule has 0 spiro atoms. The van der Waals surface area contributed by atoms with Gasteiger partial charge in [-0.15, -0.1) is 0 Å². The summed E-state index contributed by atoms with van der Waals surface area (Å²) in [6, 6.07) is 38.0. The zero-order valence-electron chi connectivity index (χ0n) is 23.2. The monoisotopic (exact) mass is 515 g/mol. The van der Waals surface area contributed by atoms with Crippen LogP contribution in [0.5, 0.6) is 0 Å². The lowest BCUT2D eigenvalue weighted by atomic mass is 9.78. The van der Waals surface area contributed by atoms with Crippen LogP contribution in [-0.2, 0) is 11.8 Å². The van der Waals surface area contributed by atoms with E-state index in [1.54, 1.807) is 5.57 Å². The molecule has 4 aromatic carbocycles. The van der Waals surface area contributed by atoms with Crippen molar-refractivity contribution in [1.82, 2.24) is 4.98 Å². The van der Waals surface area contributed by atoms with Crippen LogP contribution in [0.3, 0.4) is 0 Å². The van der Waals surface area contributed by atoms with Gasteiger partial charge in [0.1, 0.15) is 0 Å². The van der Waals surface area contributed by atoms with Crippen molar-refractivity contribution >= 4 is 5.57 Å². The van der Waals surface area contributed by atoms with Crippen LogP contribution in [0.4, 0.5) is 0 Å². The highest BCUT2D eigenvalue weighted by Gasteiger charge is 2.37. The lowest BCUT2D eigenvalue weighted by molar-refractivity contribution is 0.607. The molecule has 0 amide bonds. The molecule has 0 fully saturated rings. The summed E-state index contributed by atoms with van der Waals surface area (Å²) in [6.45, 7) is 4.77. The first kappa shape index (κ1) is 24.5. The summed E-state index contributed by atoms with van der Waals surface area (Å²) in [5, 5.41) is 0. The molecule has 1 nitrogen and oxygen atoms in total. The standard InChI is InChI=1S/C39H33N/c1-39(2)37-11-7-6-10-35(37)36-26-32(16-17-38(36)39)34-24-28(23-33(25-34)31-18-20-40-21-19-31)22-27-12-14-30(15-13-27)29-8-4-3-5-9-29/h3-6,8-10,12-21,23-26H,7,11,22H2,1-2H3. The molecule has 2 aliphatic rings. The van der Waals surface area contributed by atoms with Crippen LogP contribution in [0.25, 0.3) is 39.0 Å². The fourth-order valence-corrected chi connectivity index (χ4v) is 6.57. The number of aromatic nitrogens is 1. The van der Waals surface area contributed by atoms with Gasteiger partial charge in [0.05, 0.1) is 0 Å². The van der Waals surface area contributed by atoms with Crippen molar-refractivity contribution in [2.45, 2.75) is 38.5 Å². The molecule has 0 unspecified atom stereocenters. The molecular weight excluding hydrogens is 482 g/mol. The van der Waals surface area contributed by atoms with E-state index in [4.69, 9.17) is 0 Å². The molecule has 194 valence electrons. The summed E-state index contributed by atoms with van der Waals surface area (Å²) in [4.78, 5) is 4.25. The molecular formula is C39H33N. The van der Waals surface area contributed by atoms with Crippen molar-refractivity contribution in [1.29, 1.82) is 0 Å². The summed E-state index contributed by atoms with van der Waals surface area (Å²) in [7, 11) is 0. The molecule has 0 bridgehead atoms. The van der Waals surface area contributed by atoms with Gasteiger partial charge in [0.25, 0.3) is 0 Å². The summed E-state index contributed by atoms with van der Waals surface area (Å²) >= 11 is 0. The van der Waals surface area contributed by atoms with Gasteiger partial charge >= 0.3 is 0 Å². The number of allylic oxidation sites excluding steroid dienone is 4. The van der Waals surface area contributed by atoms with Gasteiger partial charge in [-0.3, -0.25) is 4.98 Å². The lowest BCUT2D eigenvalue weighted by Gasteiger charge is -2.25. The molecule has 1 aromatic heterocycles.